The van der Waals surface area contributed by atoms with Gasteiger partial charge in [0.05, 0.1) is 35.5 Å². The number of aliphatic hydroxyl groups excluding tert-OH is 1. The highest BCUT2D eigenvalue weighted by Crippen LogP contribution is 2.45. The summed E-state index contributed by atoms with van der Waals surface area (Å²) >= 11 is 0. The van der Waals surface area contributed by atoms with Crippen molar-refractivity contribution in [1.29, 1.82) is 0 Å². The summed E-state index contributed by atoms with van der Waals surface area (Å²) in [5.41, 5.74) is 2.91. The van der Waals surface area contributed by atoms with E-state index in [2.05, 4.69) is 26.4 Å². The predicted octanol–water partition coefficient (Wildman–Crippen LogP) is 3.84. The van der Waals surface area contributed by atoms with Crippen LogP contribution < -0.4 is 10.2 Å². The Bertz CT molecular complexity index is 1170. The van der Waals surface area contributed by atoms with E-state index < -0.39 is 5.82 Å². The van der Waals surface area contributed by atoms with Crippen LogP contribution in [-0.2, 0) is 0 Å². The van der Waals surface area contributed by atoms with Crippen LogP contribution in [-0.4, -0.2) is 50.5 Å². The van der Waals surface area contributed by atoms with Crippen molar-refractivity contribution in [3.63, 3.8) is 0 Å². The minimum atomic E-state index is -0.427. The van der Waals surface area contributed by atoms with Gasteiger partial charge in [-0.25, -0.2) is 19.0 Å². The number of carbonyl (C=O) groups excluding carboxylic acids is 1. The van der Waals surface area contributed by atoms with Gasteiger partial charge in [-0.15, -0.1) is 0 Å². The molecule has 0 bridgehead atoms. The highest BCUT2D eigenvalue weighted by Gasteiger charge is 2.31. The predicted molar refractivity (Wildman–Crippen MR) is 127 cm³/mol. The normalized spacial score (nSPS) is 16.6. The first kappa shape index (κ1) is 22.5. The lowest BCUT2D eigenvalue weighted by molar-refractivity contribution is 0.102. The summed E-state index contributed by atoms with van der Waals surface area (Å²) in [7, 11) is 0. The summed E-state index contributed by atoms with van der Waals surface area (Å²) in [5.74, 6) is 1.84. The Hall–Kier alpha value is -3.33. The molecule has 4 heterocycles. The lowest BCUT2D eigenvalue weighted by Gasteiger charge is -2.34. The zero-order chi connectivity index (χ0) is 23.7. The van der Waals surface area contributed by atoms with Crippen molar-refractivity contribution >= 4 is 17.4 Å². The van der Waals surface area contributed by atoms with Crippen molar-refractivity contribution in [2.24, 2.45) is 5.92 Å². The van der Waals surface area contributed by atoms with Crippen LogP contribution in [0.1, 0.15) is 59.6 Å². The van der Waals surface area contributed by atoms with Gasteiger partial charge in [-0.2, -0.15) is 5.10 Å². The van der Waals surface area contributed by atoms with E-state index in [0.717, 1.165) is 57.2 Å². The number of aromatic nitrogens is 4. The third-order valence-corrected chi connectivity index (χ3v) is 6.80. The first-order chi connectivity index (χ1) is 16.5. The van der Waals surface area contributed by atoms with Crippen molar-refractivity contribution in [2.75, 3.05) is 29.9 Å². The third-order valence-electron chi connectivity index (χ3n) is 6.80. The molecule has 2 aliphatic rings. The molecule has 1 aliphatic heterocycles. The van der Waals surface area contributed by atoms with Gasteiger partial charge in [-0.1, -0.05) is 0 Å². The fraction of sp³-hybridized carbons (Fsp3) is 0.440. The van der Waals surface area contributed by atoms with Gasteiger partial charge in [0.1, 0.15) is 11.6 Å². The molecular formula is C25H29FN6O2. The molecule has 34 heavy (non-hydrogen) atoms. The zero-order valence-corrected chi connectivity index (χ0v) is 19.2. The number of nitrogens with one attached hydrogen (secondary N) is 1. The molecule has 5 rings (SSSR count). The van der Waals surface area contributed by atoms with Crippen molar-refractivity contribution in [2.45, 2.75) is 44.9 Å². The van der Waals surface area contributed by atoms with Crippen LogP contribution >= 0.6 is 0 Å². The molecule has 0 atom stereocenters. The topological polar surface area (TPSA) is 96.2 Å². The van der Waals surface area contributed by atoms with Crippen LogP contribution in [0.4, 0.5) is 15.9 Å². The minimum Gasteiger partial charge on any atom is -0.396 e. The van der Waals surface area contributed by atoms with Crippen LogP contribution in [0.3, 0.4) is 0 Å². The maximum Gasteiger partial charge on any atom is 0.259 e. The fourth-order valence-corrected chi connectivity index (χ4v) is 4.67. The first-order valence-electron chi connectivity index (χ1n) is 11.9. The largest absolute Gasteiger partial charge is 0.396 e. The number of halogens is 1. The highest BCUT2D eigenvalue weighted by atomic mass is 19.1. The zero-order valence-electron chi connectivity index (χ0n) is 19.2. The Kier molecular flexibility index (Phi) is 6.28. The molecular weight excluding hydrogens is 435 g/mol. The Morgan fingerprint density at radius 2 is 1.94 bits per heavy atom. The van der Waals surface area contributed by atoms with Crippen LogP contribution in [0.15, 0.2) is 36.8 Å². The molecule has 8 nitrogen and oxygen atoms in total. The number of anilines is 2. The molecule has 178 valence electrons. The Labute approximate surface area is 197 Å². The number of nitrogens with zero attached hydrogens (tertiary/aromatic N) is 5. The fourth-order valence-electron chi connectivity index (χ4n) is 4.67. The maximum atomic E-state index is 13.2. The average molecular weight is 465 g/mol. The SMILES string of the molecule is Cc1c(C(=O)Nc2cnc(N3CCC(CCO)CC3)c(C3CC3)c2)cnn1-c1ccc(F)cn1. The molecule has 9 heteroatoms. The number of hydrogen-bond donors (Lipinski definition) is 2. The van der Waals surface area contributed by atoms with E-state index in [-0.39, 0.29) is 12.5 Å². The quantitative estimate of drug-likeness (QED) is 0.552. The number of rotatable bonds is 7. The van der Waals surface area contributed by atoms with Crippen molar-refractivity contribution in [3.8, 4) is 5.82 Å². The van der Waals surface area contributed by atoms with Crippen molar-refractivity contribution < 1.29 is 14.3 Å². The van der Waals surface area contributed by atoms with E-state index in [0.29, 0.717) is 34.6 Å². The van der Waals surface area contributed by atoms with Crippen LogP contribution in [0.5, 0.6) is 0 Å². The summed E-state index contributed by atoms with van der Waals surface area (Å²) in [6.07, 6.45) is 9.63. The van der Waals surface area contributed by atoms with Crippen LogP contribution in [0.25, 0.3) is 5.82 Å². The number of hydrogen-bond acceptors (Lipinski definition) is 6. The minimum absolute atomic E-state index is 0.253. The van der Waals surface area contributed by atoms with Gasteiger partial charge in [0.15, 0.2) is 5.82 Å². The maximum absolute atomic E-state index is 13.2. The molecule has 1 saturated heterocycles. The number of amides is 1. The Balaban J connectivity index is 1.32. The summed E-state index contributed by atoms with van der Waals surface area (Å²) in [5, 5.41) is 16.4. The molecule has 0 radical (unpaired) electrons. The third kappa shape index (κ3) is 4.65. The summed E-state index contributed by atoms with van der Waals surface area (Å²) in [6.45, 7) is 3.92. The molecule has 0 unspecified atom stereocenters. The van der Waals surface area contributed by atoms with E-state index in [9.17, 15) is 14.3 Å². The summed E-state index contributed by atoms with van der Waals surface area (Å²) in [4.78, 5) is 24.2. The second kappa shape index (κ2) is 9.50. The monoisotopic (exact) mass is 464 g/mol. The van der Waals surface area contributed by atoms with Gasteiger partial charge >= 0.3 is 0 Å². The lowest BCUT2D eigenvalue weighted by Crippen LogP contribution is -2.35. The van der Waals surface area contributed by atoms with Gasteiger partial charge in [0, 0.05) is 19.7 Å². The van der Waals surface area contributed by atoms with Crippen LogP contribution in [0.2, 0.25) is 0 Å². The van der Waals surface area contributed by atoms with Crippen molar-refractivity contribution in [1.82, 2.24) is 19.7 Å². The second-order valence-electron chi connectivity index (χ2n) is 9.20. The molecule has 1 saturated carbocycles. The standard InChI is InChI=1S/C25H29FN6O2/c1-16-22(15-29-32(16)23-5-4-19(26)13-27-23)25(34)30-20-12-21(18-2-3-18)24(28-14-20)31-9-6-17(7-10-31)8-11-33/h4-5,12-15,17-18,33H,2-3,6-11H2,1H3,(H,30,34). The molecule has 1 amide bonds. The molecule has 0 aromatic carbocycles. The van der Waals surface area contributed by atoms with Gasteiger partial charge in [-0.3, -0.25) is 4.79 Å². The highest BCUT2D eigenvalue weighted by molar-refractivity contribution is 6.05. The number of carbonyl (C=O) groups is 1. The van der Waals surface area contributed by atoms with Gasteiger partial charge in [0.2, 0.25) is 0 Å². The van der Waals surface area contributed by atoms with Gasteiger partial charge in [-0.05, 0) is 74.6 Å². The molecule has 3 aromatic heterocycles. The van der Waals surface area contributed by atoms with Crippen LogP contribution in [0, 0.1) is 18.7 Å². The average Bonchev–Trinajstić information content (AvgIpc) is 3.62. The smallest absolute Gasteiger partial charge is 0.259 e. The first-order valence-corrected chi connectivity index (χ1v) is 11.9. The lowest BCUT2D eigenvalue weighted by atomic mass is 9.93. The van der Waals surface area contributed by atoms with E-state index in [4.69, 9.17) is 4.98 Å². The van der Waals surface area contributed by atoms with E-state index >= 15 is 0 Å². The molecule has 2 fully saturated rings. The number of aliphatic hydroxyl groups is 1. The van der Waals surface area contributed by atoms with E-state index in [1.807, 2.05) is 0 Å². The molecule has 0 spiro atoms. The van der Waals surface area contributed by atoms with Gasteiger partial charge < -0.3 is 15.3 Å². The molecule has 1 aliphatic carbocycles. The number of pyridine rings is 2. The number of piperidine rings is 1. The Morgan fingerprint density at radius 3 is 2.62 bits per heavy atom. The van der Waals surface area contributed by atoms with E-state index in [1.165, 1.54) is 28.6 Å². The summed E-state index contributed by atoms with van der Waals surface area (Å²) < 4.78 is 14.7. The molecule has 3 aromatic rings. The van der Waals surface area contributed by atoms with Crippen molar-refractivity contribution in [3.05, 3.63) is 59.4 Å². The molecule has 2 N–H and O–H groups in total. The van der Waals surface area contributed by atoms with Gasteiger partial charge in [0.25, 0.3) is 5.91 Å². The van der Waals surface area contributed by atoms with E-state index in [1.54, 1.807) is 13.1 Å². The second-order valence-corrected chi connectivity index (χ2v) is 9.20. The Morgan fingerprint density at radius 1 is 1.15 bits per heavy atom. The summed E-state index contributed by atoms with van der Waals surface area (Å²) in [6, 6.07) is 4.89.